The number of carbonyl (C=O) groups excluding carboxylic acids is 1. The number of nitrogens with one attached hydrogen (secondary N) is 2. The summed E-state index contributed by atoms with van der Waals surface area (Å²) in [7, 11) is 0. The molecule has 88 valence electrons. The summed E-state index contributed by atoms with van der Waals surface area (Å²) in [6.45, 7) is 1.79. The van der Waals surface area contributed by atoms with Crippen LogP contribution >= 0.6 is 15.9 Å². The highest BCUT2D eigenvalue weighted by Gasteiger charge is 2.14. The van der Waals surface area contributed by atoms with Crippen molar-refractivity contribution < 1.29 is 4.79 Å². The van der Waals surface area contributed by atoms with Crippen molar-refractivity contribution in [1.29, 1.82) is 0 Å². The van der Waals surface area contributed by atoms with Gasteiger partial charge in [0, 0.05) is 10.0 Å². The van der Waals surface area contributed by atoms with Gasteiger partial charge in [-0.05, 0) is 25.1 Å². The van der Waals surface area contributed by atoms with Gasteiger partial charge >= 0.3 is 0 Å². The highest BCUT2D eigenvalue weighted by molar-refractivity contribution is 9.10. The fraction of sp³-hybridized carbons (Fsp3) is 0.200. The lowest BCUT2D eigenvalue weighted by atomic mass is 10.2. The molecule has 0 saturated carbocycles. The SMILES string of the molecule is CC(NC(=O)c1cccc(Br)c1)c1nn[nH]n1. The van der Waals surface area contributed by atoms with Gasteiger partial charge in [-0.15, -0.1) is 10.2 Å². The molecular weight excluding hydrogens is 286 g/mol. The number of hydrogen-bond acceptors (Lipinski definition) is 4. The average Bonchev–Trinajstić information content (AvgIpc) is 2.82. The minimum atomic E-state index is -0.291. The smallest absolute Gasteiger partial charge is 0.251 e. The van der Waals surface area contributed by atoms with Crippen LogP contribution in [0.25, 0.3) is 0 Å². The predicted octanol–water partition coefficient (Wildman–Crippen LogP) is 1.45. The monoisotopic (exact) mass is 295 g/mol. The zero-order valence-corrected chi connectivity index (χ0v) is 10.6. The van der Waals surface area contributed by atoms with Crippen molar-refractivity contribution in [2.75, 3.05) is 0 Å². The van der Waals surface area contributed by atoms with E-state index in [2.05, 4.69) is 41.9 Å². The Balaban J connectivity index is 2.07. The summed E-state index contributed by atoms with van der Waals surface area (Å²) in [5.41, 5.74) is 0.578. The van der Waals surface area contributed by atoms with E-state index in [0.29, 0.717) is 11.4 Å². The lowest BCUT2D eigenvalue weighted by Crippen LogP contribution is -2.27. The van der Waals surface area contributed by atoms with Gasteiger partial charge in [0.15, 0.2) is 5.82 Å². The van der Waals surface area contributed by atoms with Crippen LogP contribution in [0, 0.1) is 0 Å². The van der Waals surface area contributed by atoms with Gasteiger partial charge in [-0.25, -0.2) is 0 Å². The first-order valence-corrected chi connectivity index (χ1v) is 5.76. The Bertz CT molecular complexity index is 513. The van der Waals surface area contributed by atoms with Crippen LogP contribution < -0.4 is 5.32 Å². The van der Waals surface area contributed by atoms with Crippen LogP contribution in [0.1, 0.15) is 29.1 Å². The maximum atomic E-state index is 11.9. The van der Waals surface area contributed by atoms with E-state index in [0.717, 1.165) is 4.47 Å². The Morgan fingerprint density at radius 1 is 1.53 bits per heavy atom. The number of tetrazole rings is 1. The first kappa shape index (κ1) is 11.7. The molecule has 1 amide bonds. The Morgan fingerprint density at radius 3 is 3.00 bits per heavy atom. The van der Waals surface area contributed by atoms with E-state index in [-0.39, 0.29) is 11.9 Å². The zero-order chi connectivity index (χ0) is 12.3. The molecule has 1 atom stereocenters. The van der Waals surface area contributed by atoms with Gasteiger partial charge in [0.25, 0.3) is 5.91 Å². The van der Waals surface area contributed by atoms with Gasteiger partial charge in [-0.2, -0.15) is 5.21 Å². The summed E-state index contributed by atoms with van der Waals surface area (Å²) in [5, 5.41) is 16.2. The molecule has 7 heteroatoms. The number of aromatic amines is 1. The number of halogens is 1. The number of nitrogens with zero attached hydrogens (tertiary/aromatic N) is 3. The standard InChI is InChI=1S/C10H10BrN5O/c1-6(9-13-15-16-14-9)12-10(17)7-3-2-4-8(11)5-7/h2-6H,1H3,(H,12,17)(H,13,14,15,16). The van der Waals surface area contributed by atoms with Crippen molar-refractivity contribution in [3.05, 3.63) is 40.1 Å². The second-order valence-corrected chi connectivity index (χ2v) is 4.39. The van der Waals surface area contributed by atoms with Crippen LogP contribution in [-0.4, -0.2) is 26.5 Å². The molecule has 0 aliphatic heterocycles. The van der Waals surface area contributed by atoms with Crippen molar-refractivity contribution >= 4 is 21.8 Å². The van der Waals surface area contributed by atoms with Crippen LogP contribution in [0.15, 0.2) is 28.7 Å². The van der Waals surface area contributed by atoms with Crippen LogP contribution in [-0.2, 0) is 0 Å². The van der Waals surface area contributed by atoms with E-state index in [4.69, 9.17) is 0 Å². The van der Waals surface area contributed by atoms with E-state index in [1.807, 2.05) is 6.07 Å². The molecule has 2 aromatic rings. The summed E-state index contributed by atoms with van der Waals surface area (Å²) >= 11 is 3.32. The second kappa shape index (κ2) is 5.05. The quantitative estimate of drug-likeness (QED) is 0.898. The number of carbonyl (C=O) groups is 1. The molecule has 0 radical (unpaired) electrons. The number of aromatic nitrogens is 4. The first-order chi connectivity index (χ1) is 8.16. The van der Waals surface area contributed by atoms with E-state index >= 15 is 0 Å². The second-order valence-electron chi connectivity index (χ2n) is 3.48. The molecule has 0 saturated heterocycles. The fourth-order valence-corrected chi connectivity index (χ4v) is 1.73. The highest BCUT2D eigenvalue weighted by atomic mass is 79.9. The van der Waals surface area contributed by atoms with Gasteiger partial charge in [0.05, 0.1) is 6.04 Å². The molecule has 0 aliphatic rings. The summed E-state index contributed by atoms with van der Waals surface area (Å²) in [6, 6.07) is 6.86. The summed E-state index contributed by atoms with van der Waals surface area (Å²) in [5.74, 6) is 0.275. The number of benzene rings is 1. The van der Waals surface area contributed by atoms with Crippen molar-refractivity contribution in [2.24, 2.45) is 0 Å². The number of rotatable bonds is 3. The van der Waals surface area contributed by atoms with Gasteiger partial charge in [-0.1, -0.05) is 27.2 Å². The summed E-state index contributed by atoms with van der Waals surface area (Å²) in [6.07, 6.45) is 0. The molecule has 1 aromatic heterocycles. The van der Waals surface area contributed by atoms with Gasteiger partial charge in [-0.3, -0.25) is 4.79 Å². The highest BCUT2D eigenvalue weighted by Crippen LogP contribution is 2.12. The summed E-state index contributed by atoms with van der Waals surface area (Å²) < 4.78 is 0.859. The lowest BCUT2D eigenvalue weighted by molar-refractivity contribution is 0.0938. The molecule has 2 N–H and O–H groups in total. The van der Waals surface area contributed by atoms with E-state index < -0.39 is 0 Å². The molecule has 0 aliphatic carbocycles. The van der Waals surface area contributed by atoms with Crippen molar-refractivity contribution in [1.82, 2.24) is 25.9 Å². The third-order valence-electron chi connectivity index (χ3n) is 2.18. The number of amides is 1. The maximum Gasteiger partial charge on any atom is 0.251 e. The van der Waals surface area contributed by atoms with E-state index in [9.17, 15) is 4.79 Å². The predicted molar refractivity (Wildman–Crippen MR) is 64.2 cm³/mol. The first-order valence-electron chi connectivity index (χ1n) is 4.96. The van der Waals surface area contributed by atoms with Crippen molar-refractivity contribution in [2.45, 2.75) is 13.0 Å². The van der Waals surface area contributed by atoms with Crippen LogP contribution in [0.2, 0.25) is 0 Å². The third kappa shape index (κ3) is 2.88. The lowest BCUT2D eigenvalue weighted by Gasteiger charge is -2.09. The third-order valence-corrected chi connectivity index (χ3v) is 2.68. The number of hydrogen-bond donors (Lipinski definition) is 2. The normalized spacial score (nSPS) is 12.1. The molecule has 6 nitrogen and oxygen atoms in total. The molecule has 0 fully saturated rings. The topological polar surface area (TPSA) is 83.6 Å². The van der Waals surface area contributed by atoms with Crippen LogP contribution in [0.5, 0.6) is 0 Å². The molecule has 0 bridgehead atoms. The summed E-state index contributed by atoms with van der Waals surface area (Å²) in [4.78, 5) is 11.9. The largest absolute Gasteiger partial charge is 0.342 e. The molecule has 2 rings (SSSR count). The fourth-order valence-electron chi connectivity index (χ4n) is 1.33. The van der Waals surface area contributed by atoms with Crippen molar-refractivity contribution in [3.63, 3.8) is 0 Å². The van der Waals surface area contributed by atoms with E-state index in [1.165, 1.54) is 0 Å². The van der Waals surface area contributed by atoms with Gasteiger partial charge in [0.2, 0.25) is 0 Å². The van der Waals surface area contributed by atoms with Crippen LogP contribution in [0.3, 0.4) is 0 Å². The molecule has 0 spiro atoms. The molecule has 1 unspecified atom stereocenters. The van der Waals surface area contributed by atoms with Crippen molar-refractivity contribution in [3.8, 4) is 0 Å². The Kier molecular flexibility index (Phi) is 3.48. The Labute approximate surface area is 106 Å². The Morgan fingerprint density at radius 2 is 2.35 bits per heavy atom. The Hall–Kier alpha value is -1.76. The average molecular weight is 296 g/mol. The van der Waals surface area contributed by atoms with Crippen LogP contribution in [0.4, 0.5) is 0 Å². The molecule has 1 aromatic carbocycles. The van der Waals surface area contributed by atoms with E-state index in [1.54, 1.807) is 25.1 Å². The van der Waals surface area contributed by atoms with Gasteiger partial charge in [0.1, 0.15) is 0 Å². The maximum absolute atomic E-state index is 11.9. The minimum absolute atomic E-state index is 0.177. The number of H-pyrrole nitrogens is 1. The zero-order valence-electron chi connectivity index (χ0n) is 9.01. The molecule has 1 heterocycles. The van der Waals surface area contributed by atoms with Gasteiger partial charge < -0.3 is 5.32 Å². The molecular formula is C10H10BrN5O. The molecule has 17 heavy (non-hydrogen) atoms. The minimum Gasteiger partial charge on any atom is -0.342 e.